The Morgan fingerprint density at radius 3 is 2.62 bits per heavy atom. The zero-order valence-electron chi connectivity index (χ0n) is 12.4. The Morgan fingerprint density at radius 1 is 1.24 bits per heavy atom. The van der Waals surface area contributed by atoms with Crippen LogP contribution in [0.4, 0.5) is 0 Å². The van der Waals surface area contributed by atoms with Gasteiger partial charge in [-0.15, -0.1) is 0 Å². The first-order chi connectivity index (χ1) is 10.0. The van der Waals surface area contributed by atoms with Crippen LogP contribution in [0.25, 0.3) is 0 Å². The minimum atomic E-state index is -0.726. The molecular weight excluding hydrogens is 309 g/mol. The Balaban J connectivity index is 2.10. The van der Waals surface area contributed by atoms with Crippen LogP contribution in [0.1, 0.15) is 44.6 Å². The van der Waals surface area contributed by atoms with Crippen molar-refractivity contribution in [2.45, 2.75) is 51.2 Å². The SMILES string of the molecule is CCNCc1cc(Cl)cc(Cl)c1OCC1(O)CCCCC1. The van der Waals surface area contributed by atoms with E-state index in [1.165, 1.54) is 6.42 Å². The molecule has 1 saturated carbocycles. The summed E-state index contributed by atoms with van der Waals surface area (Å²) in [5, 5.41) is 14.9. The van der Waals surface area contributed by atoms with Gasteiger partial charge in [0.1, 0.15) is 12.4 Å². The van der Waals surface area contributed by atoms with E-state index < -0.39 is 5.60 Å². The maximum atomic E-state index is 10.5. The van der Waals surface area contributed by atoms with Gasteiger partial charge in [-0.2, -0.15) is 0 Å². The monoisotopic (exact) mass is 331 g/mol. The Labute approximate surface area is 136 Å². The molecule has 0 saturated heterocycles. The third-order valence-corrected chi connectivity index (χ3v) is 4.42. The highest BCUT2D eigenvalue weighted by atomic mass is 35.5. The molecule has 0 aliphatic heterocycles. The summed E-state index contributed by atoms with van der Waals surface area (Å²) >= 11 is 12.3. The van der Waals surface area contributed by atoms with Gasteiger partial charge in [-0.25, -0.2) is 0 Å². The number of ether oxygens (including phenoxy) is 1. The fourth-order valence-corrected chi connectivity index (χ4v) is 3.32. The smallest absolute Gasteiger partial charge is 0.142 e. The van der Waals surface area contributed by atoms with Gasteiger partial charge in [0.15, 0.2) is 0 Å². The quantitative estimate of drug-likeness (QED) is 0.821. The molecule has 0 spiro atoms. The largest absolute Gasteiger partial charge is 0.489 e. The number of halogens is 2. The molecule has 2 rings (SSSR count). The topological polar surface area (TPSA) is 41.5 Å². The average Bonchev–Trinajstić information content (AvgIpc) is 2.44. The highest BCUT2D eigenvalue weighted by molar-refractivity contribution is 6.35. The number of aliphatic hydroxyl groups is 1. The van der Waals surface area contributed by atoms with Crippen LogP contribution in [0.2, 0.25) is 10.0 Å². The number of rotatable bonds is 6. The van der Waals surface area contributed by atoms with Gasteiger partial charge in [-0.05, 0) is 31.5 Å². The fraction of sp³-hybridized carbons (Fsp3) is 0.625. The maximum Gasteiger partial charge on any atom is 0.142 e. The van der Waals surface area contributed by atoms with E-state index in [2.05, 4.69) is 5.32 Å². The molecule has 3 nitrogen and oxygen atoms in total. The Bertz CT molecular complexity index is 474. The molecule has 0 unspecified atom stereocenters. The minimum Gasteiger partial charge on any atom is -0.489 e. The fourth-order valence-electron chi connectivity index (χ4n) is 2.73. The van der Waals surface area contributed by atoms with Crippen LogP contribution < -0.4 is 10.1 Å². The minimum absolute atomic E-state index is 0.285. The number of hydrogen-bond donors (Lipinski definition) is 2. The van der Waals surface area contributed by atoms with E-state index in [0.717, 1.165) is 37.8 Å². The molecule has 118 valence electrons. The van der Waals surface area contributed by atoms with E-state index in [9.17, 15) is 5.11 Å². The van der Waals surface area contributed by atoms with Crippen LogP contribution in [0, 0.1) is 0 Å². The molecule has 21 heavy (non-hydrogen) atoms. The highest BCUT2D eigenvalue weighted by Gasteiger charge is 2.30. The lowest BCUT2D eigenvalue weighted by molar-refractivity contribution is -0.0340. The third-order valence-electron chi connectivity index (χ3n) is 3.92. The molecule has 1 aromatic rings. The van der Waals surface area contributed by atoms with Gasteiger partial charge in [0.2, 0.25) is 0 Å². The van der Waals surface area contributed by atoms with Crippen molar-refractivity contribution < 1.29 is 9.84 Å². The Hall–Kier alpha value is -0.480. The molecule has 0 bridgehead atoms. The molecule has 2 N–H and O–H groups in total. The van der Waals surface area contributed by atoms with Crippen LogP contribution in [-0.4, -0.2) is 23.9 Å². The third kappa shape index (κ3) is 4.75. The van der Waals surface area contributed by atoms with E-state index in [4.69, 9.17) is 27.9 Å². The molecule has 5 heteroatoms. The van der Waals surface area contributed by atoms with Gasteiger partial charge in [-0.1, -0.05) is 49.4 Å². The van der Waals surface area contributed by atoms with Crippen LogP contribution in [-0.2, 0) is 6.54 Å². The first kappa shape index (κ1) is 16.9. The summed E-state index contributed by atoms with van der Waals surface area (Å²) in [7, 11) is 0. The van der Waals surface area contributed by atoms with Crippen molar-refractivity contribution in [3.8, 4) is 5.75 Å². The van der Waals surface area contributed by atoms with Crippen molar-refractivity contribution in [3.63, 3.8) is 0 Å². The predicted molar refractivity (Wildman–Crippen MR) is 87.4 cm³/mol. The summed E-state index contributed by atoms with van der Waals surface area (Å²) in [4.78, 5) is 0. The summed E-state index contributed by atoms with van der Waals surface area (Å²) in [6.07, 6.45) is 4.88. The van der Waals surface area contributed by atoms with Gasteiger partial charge in [-0.3, -0.25) is 0 Å². The second-order valence-electron chi connectivity index (χ2n) is 5.73. The average molecular weight is 332 g/mol. The maximum absolute atomic E-state index is 10.5. The zero-order chi connectivity index (χ0) is 15.3. The molecule has 0 heterocycles. The van der Waals surface area contributed by atoms with E-state index in [-0.39, 0.29) is 6.61 Å². The van der Waals surface area contributed by atoms with Crippen molar-refractivity contribution >= 4 is 23.2 Å². The van der Waals surface area contributed by atoms with E-state index in [0.29, 0.717) is 22.3 Å². The first-order valence-corrected chi connectivity index (χ1v) is 8.33. The summed E-state index contributed by atoms with van der Waals surface area (Å²) in [5.74, 6) is 0.626. The summed E-state index contributed by atoms with van der Waals surface area (Å²) < 4.78 is 5.88. The molecule has 0 aromatic heterocycles. The van der Waals surface area contributed by atoms with Crippen LogP contribution in [0.3, 0.4) is 0 Å². The van der Waals surface area contributed by atoms with Gasteiger partial charge in [0.25, 0.3) is 0 Å². The molecule has 1 aromatic carbocycles. The molecule has 0 radical (unpaired) electrons. The highest BCUT2D eigenvalue weighted by Crippen LogP contribution is 2.35. The van der Waals surface area contributed by atoms with Crippen LogP contribution >= 0.6 is 23.2 Å². The van der Waals surface area contributed by atoms with Crippen LogP contribution in [0.5, 0.6) is 5.75 Å². The van der Waals surface area contributed by atoms with Gasteiger partial charge >= 0.3 is 0 Å². The van der Waals surface area contributed by atoms with E-state index >= 15 is 0 Å². The molecule has 1 aliphatic carbocycles. The van der Waals surface area contributed by atoms with Crippen molar-refractivity contribution in [3.05, 3.63) is 27.7 Å². The van der Waals surface area contributed by atoms with Crippen molar-refractivity contribution in [2.75, 3.05) is 13.2 Å². The zero-order valence-corrected chi connectivity index (χ0v) is 13.9. The van der Waals surface area contributed by atoms with Gasteiger partial charge in [0.05, 0.1) is 10.6 Å². The standard InChI is InChI=1S/C16H23Cl2NO2/c1-2-19-10-12-8-13(17)9-14(18)15(12)21-11-16(20)6-4-3-5-7-16/h8-9,19-20H,2-7,10-11H2,1H3. The van der Waals surface area contributed by atoms with E-state index in [1.807, 2.05) is 13.0 Å². The van der Waals surface area contributed by atoms with Crippen molar-refractivity contribution in [1.29, 1.82) is 0 Å². The lowest BCUT2D eigenvalue weighted by Crippen LogP contribution is -2.38. The molecular formula is C16H23Cl2NO2. The predicted octanol–water partition coefficient (Wildman–Crippen LogP) is 4.18. The first-order valence-electron chi connectivity index (χ1n) is 7.58. The molecule has 0 amide bonds. The molecule has 1 fully saturated rings. The lowest BCUT2D eigenvalue weighted by atomic mass is 9.85. The second-order valence-corrected chi connectivity index (χ2v) is 6.57. The Kier molecular flexibility index (Phi) is 6.18. The van der Waals surface area contributed by atoms with Crippen molar-refractivity contribution in [1.82, 2.24) is 5.32 Å². The summed E-state index contributed by atoms with van der Waals surface area (Å²) in [5.41, 5.74) is 0.199. The normalized spacial score (nSPS) is 17.7. The molecule has 1 aliphatic rings. The summed E-state index contributed by atoms with van der Waals surface area (Å²) in [6.45, 7) is 3.82. The van der Waals surface area contributed by atoms with E-state index in [1.54, 1.807) is 6.07 Å². The van der Waals surface area contributed by atoms with Gasteiger partial charge in [0, 0.05) is 17.1 Å². The van der Waals surface area contributed by atoms with Gasteiger partial charge < -0.3 is 15.2 Å². The lowest BCUT2D eigenvalue weighted by Gasteiger charge is -2.32. The number of nitrogens with one attached hydrogen (secondary N) is 1. The second kappa shape index (κ2) is 7.68. The van der Waals surface area contributed by atoms with Crippen molar-refractivity contribution in [2.24, 2.45) is 0 Å². The Morgan fingerprint density at radius 2 is 1.95 bits per heavy atom. The number of benzene rings is 1. The molecule has 0 atom stereocenters. The summed E-state index contributed by atoms with van der Waals surface area (Å²) in [6, 6.07) is 3.54. The van der Waals surface area contributed by atoms with Crippen LogP contribution in [0.15, 0.2) is 12.1 Å². The number of hydrogen-bond acceptors (Lipinski definition) is 3.